The van der Waals surface area contributed by atoms with Crippen molar-refractivity contribution < 1.29 is 36.3 Å². The van der Waals surface area contributed by atoms with Crippen molar-refractivity contribution in [3.8, 4) is 0 Å². The molecule has 0 bridgehead atoms. The summed E-state index contributed by atoms with van der Waals surface area (Å²) in [5.41, 5.74) is -0.476. The monoisotopic (exact) mass is 439 g/mol. The lowest BCUT2D eigenvalue weighted by Crippen LogP contribution is -2.41. The van der Waals surface area contributed by atoms with E-state index >= 15 is 0 Å². The Labute approximate surface area is 174 Å². The Kier molecular flexibility index (Phi) is 12.0. The van der Waals surface area contributed by atoms with E-state index in [9.17, 15) is 13.2 Å². The van der Waals surface area contributed by atoms with Crippen molar-refractivity contribution >= 4 is 16.2 Å². The Balaban J connectivity index is 1.92. The zero-order valence-corrected chi connectivity index (χ0v) is 18.9. The van der Waals surface area contributed by atoms with Gasteiger partial charge in [-0.1, -0.05) is 0 Å². The normalized spacial score (nSPS) is 20.4. The van der Waals surface area contributed by atoms with Crippen LogP contribution >= 0.6 is 0 Å². The Morgan fingerprint density at radius 2 is 1.41 bits per heavy atom. The van der Waals surface area contributed by atoms with Crippen molar-refractivity contribution in [1.29, 1.82) is 0 Å². The van der Waals surface area contributed by atoms with Gasteiger partial charge in [0, 0.05) is 12.6 Å². The third-order valence-corrected chi connectivity index (χ3v) is 4.79. The highest BCUT2D eigenvalue weighted by atomic mass is 32.2. The fraction of sp³-hybridized carbons (Fsp3) is 0.947. The van der Waals surface area contributed by atoms with Crippen LogP contribution in [0.1, 0.15) is 46.5 Å². The fourth-order valence-corrected chi connectivity index (χ4v) is 3.25. The summed E-state index contributed by atoms with van der Waals surface area (Å²) in [4.78, 5) is 11.8. The Morgan fingerprint density at radius 1 is 0.897 bits per heavy atom. The van der Waals surface area contributed by atoms with Crippen LogP contribution in [0.2, 0.25) is 0 Å². The first-order chi connectivity index (χ1) is 13.6. The number of hydrogen-bond donors (Lipinski definition) is 1. The molecule has 29 heavy (non-hydrogen) atoms. The number of amides is 1. The molecule has 0 heterocycles. The number of carbonyl (C=O) groups excluding carboxylic acids is 1. The zero-order chi connectivity index (χ0) is 21.8. The van der Waals surface area contributed by atoms with Crippen molar-refractivity contribution in [3.63, 3.8) is 0 Å². The summed E-state index contributed by atoms with van der Waals surface area (Å²) < 4.78 is 47.6. The molecule has 0 saturated heterocycles. The van der Waals surface area contributed by atoms with Crippen LogP contribution in [-0.2, 0) is 33.2 Å². The molecule has 9 nitrogen and oxygen atoms in total. The van der Waals surface area contributed by atoms with Gasteiger partial charge in [0.1, 0.15) is 5.60 Å². The lowest BCUT2D eigenvalue weighted by Gasteiger charge is -2.30. The molecule has 1 N–H and O–H groups in total. The minimum atomic E-state index is -3.41. The summed E-state index contributed by atoms with van der Waals surface area (Å²) >= 11 is 0. The summed E-state index contributed by atoms with van der Waals surface area (Å²) in [5, 5.41) is 2.94. The molecule has 0 atom stereocenters. The predicted molar refractivity (Wildman–Crippen MR) is 108 cm³/mol. The van der Waals surface area contributed by atoms with Crippen molar-refractivity contribution in [2.45, 2.75) is 58.1 Å². The maximum Gasteiger partial charge on any atom is 0.407 e. The van der Waals surface area contributed by atoms with E-state index in [0.29, 0.717) is 39.0 Å². The van der Waals surface area contributed by atoms with Crippen LogP contribution in [0.25, 0.3) is 0 Å². The van der Waals surface area contributed by atoms with E-state index in [1.165, 1.54) is 0 Å². The molecule has 10 heteroatoms. The van der Waals surface area contributed by atoms with Crippen LogP contribution in [0, 0.1) is 5.92 Å². The molecule has 172 valence electrons. The van der Waals surface area contributed by atoms with Gasteiger partial charge in [-0.25, -0.2) is 4.79 Å². The average molecular weight is 440 g/mol. The Hall–Kier alpha value is -0.940. The van der Waals surface area contributed by atoms with Crippen molar-refractivity contribution in [1.82, 2.24) is 5.32 Å². The van der Waals surface area contributed by atoms with E-state index < -0.39 is 15.7 Å². The molecule has 1 amide bonds. The van der Waals surface area contributed by atoms with Crippen LogP contribution < -0.4 is 5.32 Å². The maximum absolute atomic E-state index is 11.8. The second-order valence-electron chi connectivity index (χ2n) is 8.19. The fourth-order valence-electron chi connectivity index (χ4n) is 2.88. The van der Waals surface area contributed by atoms with E-state index in [-0.39, 0.29) is 25.3 Å². The summed E-state index contributed by atoms with van der Waals surface area (Å²) in [6.45, 7) is 8.28. The standard InChI is InChI=1S/C19H37NO8S/c1-19(2,3)28-18(21)20-17-7-5-16(6-8-17)15-26-12-11-24-9-10-25-13-14-27-29(4,22)23/h16-17H,5-15H2,1-4H3,(H,20,21)/t16-,17-. The number of alkyl carbamates (subject to hydrolysis) is 1. The molecule has 1 fully saturated rings. The second-order valence-corrected chi connectivity index (χ2v) is 9.83. The van der Waals surface area contributed by atoms with Gasteiger partial charge in [-0.2, -0.15) is 8.42 Å². The third kappa shape index (κ3) is 15.5. The largest absolute Gasteiger partial charge is 0.444 e. The van der Waals surface area contributed by atoms with Crippen LogP contribution in [0.15, 0.2) is 0 Å². The molecule has 1 saturated carbocycles. The molecule has 0 radical (unpaired) electrons. The number of rotatable bonds is 13. The topological polar surface area (TPSA) is 109 Å². The van der Waals surface area contributed by atoms with Crippen molar-refractivity contribution in [2.75, 3.05) is 52.5 Å². The van der Waals surface area contributed by atoms with Gasteiger partial charge in [-0.05, 0) is 52.4 Å². The van der Waals surface area contributed by atoms with Crippen LogP contribution in [0.5, 0.6) is 0 Å². The molecule has 0 aromatic heterocycles. The minimum Gasteiger partial charge on any atom is -0.444 e. The molecule has 0 unspecified atom stereocenters. The molecule has 1 rings (SSSR count). The van der Waals surface area contributed by atoms with Crippen molar-refractivity contribution in [3.05, 3.63) is 0 Å². The van der Waals surface area contributed by atoms with Gasteiger partial charge in [0.25, 0.3) is 10.1 Å². The SMILES string of the molecule is CC(C)(C)OC(=O)N[C@H]1CC[C@H](COCCOCCOCCOS(C)(=O)=O)CC1. The molecule has 0 aliphatic heterocycles. The molecule has 0 spiro atoms. The van der Waals surface area contributed by atoms with E-state index in [4.69, 9.17) is 18.9 Å². The van der Waals surface area contributed by atoms with E-state index in [0.717, 1.165) is 31.9 Å². The van der Waals surface area contributed by atoms with Gasteiger partial charge in [0.05, 0.1) is 45.9 Å². The number of hydrogen-bond acceptors (Lipinski definition) is 8. The second kappa shape index (κ2) is 13.4. The molecule has 1 aliphatic carbocycles. The van der Waals surface area contributed by atoms with Gasteiger partial charge in [0.15, 0.2) is 0 Å². The van der Waals surface area contributed by atoms with Crippen molar-refractivity contribution in [2.24, 2.45) is 5.92 Å². The van der Waals surface area contributed by atoms with Gasteiger partial charge in [0.2, 0.25) is 0 Å². The third-order valence-electron chi connectivity index (χ3n) is 4.19. The van der Waals surface area contributed by atoms with E-state index in [1.807, 2.05) is 20.8 Å². The average Bonchev–Trinajstić information content (AvgIpc) is 2.58. The predicted octanol–water partition coefficient (Wildman–Crippen LogP) is 2.10. The quantitative estimate of drug-likeness (QED) is 0.343. The van der Waals surface area contributed by atoms with Gasteiger partial charge < -0.3 is 24.3 Å². The highest BCUT2D eigenvalue weighted by Gasteiger charge is 2.24. The smallest absolute Gasteiger partial charge is 0.407 e. The lowest BCUT2D eigenvalue weighted by atomic mass is 9.86. The first-order valence-electron chi connectivity index (χ1n) is 10.1. The van der Waals surface area contributed by atoms with Crippen LogP contribution in [0.3, 0.4) is 0 Å². The number of carbonyl (C=O) groups is 1. The molecular weight excluding hydrogens is 402 g/mol. The Bertz CT molecular complexity index is 553. The lowest BCUT2D eigenvalue weighted by molar-refractivity contribution is 0.0000493. The molecule has 0 aromatic carbocycles. The van der Waals surface area contributed by atoms with E-state index in [1.54, 1.807) is 0 Å². The highest BCUT2D eigenvalue weighted by molar-refractivity contribution is 7.85. The van der Waals surface area contributed by atoms with E-state index in [2.05, 4.69) is 9.50 Å². The first kappa shape index (κ1) is 26.1. The van der Waals surface area contributed by atoms with Gasteiger partial charge in [-0.3, -0.25) is 4.18 Å². The van der Waals surface area contributed by atoms with Gasteiger partial charge in [-0.15, -0.1) is 0 Å². The summed E-state index contributed by atoms with van der Waals surface area (Å²) in [5.74, 6) is 0.505. The van der Waals surface area contributed by atoms with Gasteiger partial charge >= 0.3 is 6.09 Å². The molecular formula is C19H37NO8S. The minimum absolute atomic E-state index is 0.0114. The highest BCUT2D eigenvalue weighted by Crippen LogP contribution is 2.24. The summed E-state index contributed by atoms with van der Waals surface area (Å²) in [6.07, 6.45) is 4.56. The maximum atomic E-state index is 11.8. The van der Waals surface area contributed by atoms with Crippen LogP contribution in [0.4, 0.5) is 4.79 Å². The number of ether oxygens (including phenoxy) is 4. The zero-order valence-electron chi connectivity index (χ0n) is 18.1. The Morgan fingerprint density at radius 3 is 1.93 bits per heavy atom. The summed E-state index contributed by atoms with van der Waals surface area (Å²) in [6, 6.07) is 0.173. The van der Waals surface area contributed by atoms with Crippen LogP contribution in [-0.4, -0.2) is 78.7 Å². The first-order valence-corrected chi connectivity index (χ1v) is 11.9. The molecule has 1 aliphatic rings. The summed E-state index contributed by atoms with van der Waals surface area (Å²) in [7, 11) is -3.41. The number of nitrogens with one attached hydrogen (secondary N) is 1. The molecule has 0 aromatic rings.